The molecule has 1 heterocycles. The van der Waals surface area contributed by atoms with Gasteiger partial charge in [-0.05, 0) is 49.6 Å². The third kappa shape index (κ3) is 3.72. The van der Waals surface area contributed by atoms with Gasteiger partial charge in [-0.25, -0.2) is 4.39 Å². The van der Waals surface area contributed by atoms with Gasteiger partial charge in [-0.1, -0.05) is 25.4 Å². The topological polar surface area (TPSA) is 21.3 Å². The summed E-state index contributed by atoms with van der Waals surface area (Å²) in [6, 6.07) is 4.87. The van der Waals surface area contributed by atoms with Crippen molar-refractivity contribution < 1.29 is 9.13 Å². The average molecular weight is 300 g/mol. The van der Waals surface area contributed by atoms with Crippen LogP contribution in [0.1, 0.15) is 32.3 Å². The van der Waals surface area contributed by atoms with Crippen LogP contribution in [-0.4, -0.2) is 25.3 Å². The van der Waals surface area contributed by atoms with Crippen molar-refractivity contribution in [3.05, 3.63) is 34.6 Å². The summed E-state index contributed by atoms with van der Waals surface area (Å²) in [6.07, 6.45) is 3.12. The van der Waals surface area contributed by atoms with Crippen LogP contribution >= 0.6 is 11.6 Å². The molecule has 0 amide bonds. The summed E-state index contributed by atoms with van der Waals surface area (Å²) < 4.78 is 19.2. The molecule has 4 heteroatoms. The number of likely N-dealkylation sites (N-methyl/N-ethyl adjacent to an activating group) is 1. The number of halogens is 2. The van der Waals surface area contributed by atoms with Gasteiger partial charge in [0.15, 0.2) is 0 Å². The van der Waals surface area contributed by atoms with Crippen molar-refractivity contribution >= 4 is 11.6 Å². The van der Waals surface area contributed by atoms with E-state index in [1.54, 1.807) is 12.1 Å². The molecule has 1 aliphatic rings. The third-order valence-corrected chi connectivity index (χ3v) is 4.46. The minimum absolute atomic E-state index is 0.227. The van der Waals surface area contributed by atoms with Crippen molar-refractivity contribution in [3.8, 4) is 0 Å². The smallest absolute Gasteiger partial charge is 0.123 e. The van der Waals surface area contributed by atoms with E-state index in [9.17, 15) is 4.39 Å². The molecule has 2 nitrogen and oxygen atoms in total. The van der Waals surface area contributed by atoms with Crippen LogP contribution in [0.3, 0.4) is 0 Å². The summed E-state index contributed by atoms with van der Waals surface area (Å²) in [5.74, 6) is 0.244. The van der Waals surface area contributed by atoms with E-state index in [2.05, 4.69) is 19.2 Å². The molecule has 0 spiro atoms. The first-order valence-corrected chi connectivity index (χ1v) is 7.82. The van der Waals surface area contributed by atoms with E-state index in [0.717, 1.165) is 38.0 Å². The van der Waals surface area contributed by atoms with E-state index < -0.39 is 0 Å². The molecule has 1 fully saturated rings. The zero-order valence-electron chi connectivity index (χ0n) is 12.2. The SMILES string of the molecule is CCNC(Cc1cc(F)ccc1Cl)C1CCOC1CC. The molecular weight excluding hydrogens is 277 g/mol. The molecule has 1 N–H and O–H groups in total. The molecule has 3 atom stereocenters. The van der Waals surface area contributed by atoms with Gasteiger partial charge in [0.05, 0.1) is 6.10 Å². The van der Waals surface area contributed by atoms with Crippen molar-refractivity contribution in [2.24, 2.45) is 5.92 Å². The van der Waals surface area contributed by atoms with E-state index in [-0.39, 0.29) is 11.9 Å². The van der Waals surface area contributed by atoms with Crippen LogP contribution < -0.4 is 5.32 Å². The molecule has 3 unspecified atom stereocenters. The fourth-order valence-corrected chi connectivity index (χ4v) is 3.31. The lowest BCUT2D eigenvalue weighted by Crippen LogP contribution is -2.41. The van der Waals surface area contributed by atoms with Crippen LogP contribution in [0.4, 0.5) is 4.39 Å². The van der Waals surface area contributed by atoms with Crippen molar-refractivity contribution in [2.45, 2.75) is 45.3 Å². The summed E-state index contributed by atoms with van der Waals surface area (Å²) in [7, 11) is 0. The summed E-state index contributed by atoms with van der Waals surface area (Å²) in [4.78, 5) is 0. The van der Waals surface area contributed by atoms with Gasteiger partial charge in [0, 0.05) is 23.6 Å². The van der Waals surface area contributed by atoms with E-state index in [1.807, 2.05) is 0 Å². The van der Waals surface area contributed by atoms with Gasteiger partial charge in [-0.3, -0.25) is 0 Å². The lowest BCUT2D eigenvalue weighted by atomic mass is 9.87. The summed E-state index contributed by atoms with van der Waals surface area (Å²) in [6.45, 7) is 5.96. The predicted octanol–water partition coefficient (Wildman–Crippen LogP) is 3.81. The molecule has 0 radical (unpaired) electrons. The van der Waals surface area contributed by atoms with E-state index >= 15 is 0 Å². The van der Waals surface area contributed by atoms with Gasteiger partial charge in [0.1, 0.15) is 5.82 Å². The average Bonchev–Trinajstić information content (AvgIpc) is 2.90. The Morgan fingerprint density at radius 2 is 2.25 bits per heavy atom. The Morgan fingerprint density at radius 1 is 1.45 bits per heavy atom. The number of benzene rings is 1. The number of hydrogen-bond donors (Lipinski definition) is 1. The Morgan fingerprint density at radius 3 is 2.95 bits per heavy atom. The normalized spacial score (nSPS) is 24.0. The van der Waals surface area contributed by atoms with Crippen LogP contribution in [0.25, 0.3) is 0 Å². The number of hydrogen-bond acceptors (Lipinski definition) is 2. The highest BCUT2D eigenvalue weighted by Crippen LogP contribution is 2.29. The lowest BCUT2D eigenvalue weighted by molar-refractivity contribution is 0.0776. The second-order valence-corrected chi connectivity index (χ2v) is 5.78. The summed E-state index contributed by atoms with van der Waals surface area (Å²) >= 11 is 6.19. The Bertz CT molecular complexity index is 440. The molecule has 0 bridgehead atoms. The number of rotatable bonds is 6. The van der Waals surface area contributed by atoms with Crippen LogP contribution in [0, 0.1) is 11.7 Å². The van der Waals surface area contributed by atoms with Crippen molar-refractivity contribution in [1.82, 2.24) is 5.32 Å². The first kappa shape index (κ1) is 15.7. The van der Waals surface area contributed by atoms with Gasteiger partial charge in [0.2, 0.25) is 0 Å². The molecule has 1 aliphatic heterocycles. The molecular formula is C16H23ClFNO. The van der Waals surface area contributed by atoms with Gasteiger partial charge >= 0.3 is 0 Å². The summed E-state index contributed by atoms with van der Waals surface area (Å²) in [5.41, 5.74) is 0.874. The fraction of sp³-hybridized carbons (Fsp3) is 0.625. The zero-order valence-corrected chi connectivity index (χ0v) is 12.9. The summed E-state index contributed by atoms with van der Waals surface area (Å²) in [5, 5.41) is 4.16. The van der Waals surface area contributed by atoms with Gasteiger partial charge < -0.3 is 10.1 Å². The van der Waals surface area contributed by atoms with Crippen molar-refractivity contribution in [2.75, 3.05) is 13.2 Å². The highest BCUT2D eigenvalue weighted by molar-refractivity contribution is 6.31. The minimum atomic E-state index is -0.227. The Kier molecular flexibility index (Phi) is 5.82. The van der Waals surface area contributed by atoms with Crippen LogP contribution in [0.5, 0.6) is 0 Å². The Balaban J connectivity index is 2.14. The monoisotopic (exact) mass is 299 g/mol. The zero-order chi connectivity index (χ0) is 14.5. The first-order chi connectivity index (χ1) is 9.65. The minimum Gasteiger partial charge on any atom is -0.378 e. The van der Waals surface area contributed by atoms with E-state index in [4.69, 9.17) is 16.3 Å². The molecule has 1 aromatic rings. The Hall–Kier alpha value is -0.640. The lowest BCUT2D eigenvalue weighted by Gasteiger charge is -2.28. The maximum absolute atomic E-state index is 13.4. The number of ether oxygens (including phenoxy) is 1. The predicted molar refractivity (Wildman–Crippen MR) is 80.7 cm³/mol. The molecule has 0 aromatic heterocycles. The second kappa shape index (κ2) is 7.39. The van der Waals surface area contributed by atoms with Crippen molar-refractivity contribution in [3.63, 3.8) is 0 Å². The maximum Gasteiger partial charge on any atom is 0.123 e. The van der Waals surface area contributed by atoms with E-state index in [1.165, 1.54) is 6.07 Å². The standard InChI is InChI=1S/C16H23ClFNO/c1-3-16-13(7-8-20-16)15(19-4-2)10-11-9-12(18)5-6-14(11)17/h5-6,9,13,15-16,19H,3-4,7-8,10H2,1-2H3. The second-order valence-electron chi connectivity index (χ2n) is 5.37. The van der Waals surface area contributed by atoms with E-state index in [0.29, 0.717) is 17.0 Å². The quantitative estimate of drug-likeness (QED) is 0.862. The molecule has 2 rings (SSSR count). The first-order valence-electron chi connectivity index (χ1n) is 7.44. The molecule has 20 heavy (non-hydrogen) atoms. The van der Waals surface area contributed by atoms with Crippen LogP contribution in [0.2, 0.25) is 5.02 Å². The Labute approximate surface area is 125 Å². The molecule has 0 saturated carbocycles. The molecule has 0 aliphatic carbocycles. The maximum atomic E-state index is 13.4. The largest absolute Gasteiger partial charge is 0.378 e. The van der Waals surface area contributed by atoms with Crippen LogP contribution in [0.15, 0.2) is 18.2 Å². The van der Waals surface area contributed by atoms with Gasteiger partial charge in [-0.15, -0.1) is 0 Å². The highest BCUT2D eigenvalue weighted by atomic mass is 35.5. The molecule has 1 aromatic carbocycles. The van der Waals surface area contributed by atoms with Crippen molar-refractivity contribution in [1.29, 1.82) is 0 Å². The van der Waals surface area contributed by atoms with Gasteiger partial charge in [-0.2, -0.15) is 0 Å². The molecule has 1 saturated heterocycles. The molecule has 112 valence electrons. The third-order valence-electron chi connectivity index (χ3n) is 4.09. The van der Waals surface area contributed by atoms with Crippen LogP contribution in [-0.2, 0) is 11.2 Å². The van der Waals surface area contributed by atoms with Gasteiger partial charge in [0.25, 0.3) is 0 Å². The highest BCUT2D eigenvalue weighted by Gasteiger charge is 2.33. The fourth-order valence-electron chi connectivity index (χ4n) is 3.12. The number of nitrogens with one attached hydrogen (secondary N) is 1.